The molecule has 1 heterocycles. The lowest BCUT2D eigenvalue weighted by Crippen LogP contribution is -2.38. The van der Waals surface area contributed by atoms with Crippen molar-refractivity contribution in [3.8, 4) is 0 Å². The summed E-state index contributed by atoms with van der Waals surface area (Å²) in [6, 6.07) is 0.584. The van der Waals surface area contributed by atoms with Gasteiger partial charge in [-0.15, -0.1) is 5.10 Å². The number of aromatic carboxylic acids is 1. The highest BCUT2D eigenvalue weighted by Crippen LogP contribution is 2.23. The zero-order valence-corrected chi connectivity index (χ0v) is 10.7. The molecule has 18 heavy (non-hydrogen) atoms. The molecule has 0 amide bonds. The molecule has 0 aromatic carbocycles. The van der Waals surface area contributed by atoms with E-state index < -0.39 is 5.97 Å². The van der Waals surface area contributed by atoms with Crippen LogP contribution in [0.2, 0.25) is 0 Å². The topological polar surface area (TPSA) is 80.0 Å². The van der Waals surface area contributed by atoms with E-state index in [1.165, 1.54) is 31.9 Å². The van der Waals surface area contributed by atoms with E-state index >= 15 is 0 Å². The van der Waals surface area contributed by atoms with Crippen LogP contribution in [-0.2, 0) is 6.54 Å². The van der Waals surface area contributed by atoms with Crippen molar-refractivity contribution in [2.24, 2.45) is 5.92 Å². The summed E-state index contributed by atoms with van der Waals surface area (Å²) in [4.78, 5) is 10.6. The zero-order chi connectivity index (χ0) is 13.0. The lowest BCUT2D eigenvalue weighted by Gasteiger charge is -2.29. The molecule has 1 aromatic heterocycles. The standard InChI is InChI=1S/C12H20N4O2/c1-9-4-2-3-5-10(9)13-6-7-16-8-11(12(17)18)14-15-16/h8-10,13H,2-7H2,1H3,(H,17,18). The first-order valence-corrected chi connectivity index (χ1v) is 6.53. The molecule has 2 unspecified atom stereocenters. The zero-order valence-electron chi connectivity index (χ0n) is 10.7. The largest absolute Gasteiger partial charge is 0.476 e. The summed E-state index contributed by atoms with van der Waals surface area (Å²) >= 11 is 0. The van der Waals surface area contributed by atoms with Gasteiger partial charge in [-0.3, -0.25) is 4.68 Å². The predicted molar refractivity (Wildman–Crippen MR) is 66.4 cm³/mol. The second kappa shape index (κ2) is 5.95. The van der Waals surface area contributed by atoms with Gasteiger partial charge < -0.3 is 10.4 Å². The van der Waals surface area contributed by atoms with E-state index in [9.17, 15) is 4.79 Å². The summed E-state index contributed by atoms with van der Waals surface area (Å²) in [7, 11) is 0. The molecular formula is C12H20N4O2. The summed E-state index contributed by atoms with van der Waals surface area (Å²) in [5.74, 6) is -0.306. The average molecular weight is 252 g/mol. The fourth-order valence-corrected chi connectivity index (χ4v) is 2.49. The van der Waals surface area contributed by atoms with E-state index in [1.54, 1.807) is 4.68 Å². The Labute approximate surface area is 106 Å². The van der Waals surface area contributed by atoms with E-state index in [0.29, 0.717) is 12.6 Å². The van der Waals surface area contributed by atoms with Crippen LogP contribution in [0.1, 0.15) is 43.1 Å². The summed E-state index contributed by atoms with van der Waals surface area (Å²) in [5.41, 5.74) is 0.000958. The van der Waals surface area contributed by atoms with Crippen molar-refractivity contribution in [3.05, 3.63) is 11.9 Å². The van der Waals surface area contributed by atoms with Gasteiger partial charge in [0, 0.05) is 12.6 Å². The van der Waals surface area contributed by atoms with Gasteiger partial charge in [-0.2, -0.15) is 0 Å². The molecule has 1 saturated carbocycles. The van der Waals surface area contributed by atoms with Gasteiger partial charge in [0.1, 0.15) is 0 Å². The van der Waals surface area contributed by atoms with Gasteiger partial charge >= 0.3 is 5.97 Å². The van der Waals surface area contributed by atoms with Crippen molar-refractivity contribution in [1.82, 2.24) is 20.3 Å². The molecule has 0 radical (unpaired) electrons. The lowest BCUT2D eigenvalue weighted by molar-refractivity contribution is 0.0690. The van der Waals surface area contributed by atoms with Crippen molar-refractivity contribution < 1.29 is 9.90 Å². The first kappa shape index (κ1) is 13.0. The normalized spacial score (nSPS) is 24.1. The Bertz CT molecular complexity index is 405. The number of nitrogens with one attached hydrogen (secondary N) is 1. The second-order valence-electron chi connectivity index (χ2n) is 4.99. The van der Waals surface area contributed by atoms with Gasteiger partial charge in [0.15, 0.2) is 5.69 Å². The number of nitrogens with zero attached hydrogens (tertiary/aromatic N) is 3. The van der Waals surface area contributed by atoms with Gasteiger partial charge in [-0.05, 0) is 18.8 Å². The van der Waals surface area contributed by atoms with Crippen LogP contribution in [0.15, 0.2) is 6.20 Å². The van der Waals surface area contributed by atoms with Crippen molar-refractivity contribution >= 4 is 5.97 Å². The fraction of sp³-hybridized carbons (Fsp3) is 0.750. The number of hydrogen-bond donors (Lipinski definition) is 2. The second-order valence-corrected chi connectivity index (χ2v) is 4.99. The predicted octanol–water partition coefficient (Wildman–Crippen LogP) is 1.14. The van der Waals surface area contributed by atoms with E-state index in [4.69, 9.17) is 5.11 Å². The molecule has 2 atom stereocenters. The third-order valence-electron chi connectivity index (χ3n) is 3.62. The Morgan fingerprint density at radius 1 is 1.56 bits per heavy atom. The molecule has 1 aliphatic rings. The molecule has 6 heteroatoms. The van der Waals surface area contributed by atoms with Gasteiger partial charge in [-0.1, -0.05) is 25.0 Å². The Morgan fingerprint density at radius 3 is 3.00 bits per heavy atom. The average Bonchev–Trinajstić information content (AvgIpc) is 2.80. The number of hydrogen-bond acceptors (Lipinski definition) is 4. The van der Waals surface area contributed by atoms with Crippen molar-refractivity contribution in [2.45, 2.75) is 45.2 Å². The maximum atomic E-state index is 10.6. The summed E-state index contributed by atoms with van der Waals surface area (Å²) in [6.45, 7) is 3.75. The summed E-state index contributed by atoms with van der Waals surface area (Å²) in [5, 5.41) is 19.6. The third-order valence-corrected chi connectivity index (χ3v) is 3.62. The molecule has 2 rings (SSSR count). The van der Waals surface area contributed by atoms with Crippen LogP contribution in [0, 0.1) is 5.92 Å². The minimum atomic E-state index is -1.03. The Hall–Kier alpha value is -1.43. The van der Waals surface area contributed by atoms with Gasteiger partial charge in [0.25, 0.3) is 0 Å². The van der Waals surface area contributed by atoms with Crippen molar-refractivity contribution in [3.63, 3.8) is 0 Å². The van der Waals surface area contributed by atoms with E-state index in [2.05, 4.69) is 22.6 Å². The number of rotatable bonds is 5. The number of carboxylic acids is 1. The Morgan fingerprint density at radius 2 is 2.33 bits per heavy atom. The van der Waals surface area contributed by atoms with Crippen LogP contribution in [0.5, 0.6) is 0 Å². The SMILES string of the molecule is CC1CCCCC1NCCn1cc(C(=O)O)nn1. The number of carboxylic acid groups (broad SMARTS) is 1. The molecule has 100 valence electrons. The van der Waals surface area contributed by atoms with Crippen LogP contribution in [0.4, 0.5) is 0 Å². The number of aromatic nitrogens is 3. The van der Waals surface area contributed by atoms with Crippen molar-refractivity contribution in [2.75, 3.05) is 6.54 Å². The maximum Gasteiger partial charge on any atom is 0.358 e. The van der Waals surface area contributed by atoms with Crippen molar-refractivity contribution in [1.29, 1.82) is 0 Å². The Kier molecular flexibility index (Phi) is 4.30. The minimum absolute atomic E-state index is 0.000958. The van der Waals surface area contributed by atoms with Crippen LogP contribution >= 0.6 is 0 Å². The van der Waals surface area contributed by atoms with Crippen LogP contribution < -0.4 is 5.32 Å². The monoisotopic (exact) mass is 252 g/mol. The highest BCUT2D eigenvalue weighted by Gasteiger charge is 2.20. The molecular weight excluding hydrogens is 232 g/mol. The fourth-order valence-electron chi connectivity index (χ4n) is 2.49. The van der Waals surface area contributed by atoms with Crippen LogP contribution in [-0.4, -0.2) is 38.7 Å². The third kappa shape index (κ3) is 3.29. The molecule has 1 fully saturated rings. The van der Waals surface area contributed by atoms with Gasteiger partial charge in [0.2, 0.25) is 0 Å². The summed E-state index contributed by atoms with van der Waals surface area (Å²) in [6.07, 6.45) is 6.64. The first-order valence-electron chi connectivity index (χ1n) is 6.53. The van der Waals surface area contributed by atoms with E-state index in [0.717, 1.165) is 12.5 Å². The highest BCUT2D eigenvalue weighted by atomic mass is 16.4. The number of carbonyl (C=O) groups is 1. The molecule has 2 N–H and O–H groups in total. The summed E-state index contributed by atoms with van der Waals surface area (Å²) < 4.78 is 1.57. The molecule has 0 bridgehead atoms. The van der Waals surface area contributed by atoms with Gasteiger partial charge in [0.05, 0.1) is 12.7 Å². The minimum Gasteiger partial charge on any atom is -0.476 e. The van der Waals surface area contributed by atoms with E-state index in [1.807, 2.05) is 0 Å². The molecule has 1 aromatic rings. The molecule has 1 aliphatic carbocycles. The smallest absolute Gasteiger partial charge is 0.358 e. The van der Waals surface area contributed by atoms with Gasteiger partial charge in [-0.25, -0.2) is 4.79 Å². The molecule has 0 aliphatic heterocycles. The molecule has 6 nitrogen and oxygen atoms in total. The highest BCUT2D eigenvalue weighted by molar-refractivity contribution is 5.84. The van der Waals surface area contributed by atoms with E-state index in [-0.39, 0.29) is 5.69 Å². The van der Waals surface area contributed by atoms with Crippen LogP contribution in [0.3, 0.4) is 0 Å². The Balaban J connectivity index is 1.75. The maximum absolute atomic E-state index is 10.6. The molecule has 0 spiro atoms. The molecule has 0 saturated heterocycles. The lowest BCUT2D eigenvalue weighted by atomic mass is 9.86. The van der Waals surface area contributed by atoms with Crippen LogP contribution in [0.25, 0.3) is 0 Å². The first-order chi connectivity index (χ1) is 8.66. The quantitative estimate of drug-likeness (QED) is 0.821.